The third kappa shape index (κ3) is 1.21. The number of imidazole rings is 1. The van der Waals surface area contributed by atoms with Gasteiger partial charge in [-0.1, -0.05) is 15.9 Å². The van der Waals surface area contributed by atoms with Crippen LogP contribution in [0.4, 0.5) is 0 Å². The van der Waals surface area contributed by atoms with E-state index in [2.05, 4.69) is 25.9 Å². The molecule has 0 aliphatic carbocycles. The lowest BCUT2D eigenvalue weighted by Gasteiger charge is -2.04. The van der Waals surface area contributed by atoms with Gasteiger partial charge in [0.15, 0.2) is 0 Å². The molecular formula is C11H8BrN3O. The molecule has 0 saturated heterocycles. The lowest BCUT2D eigenvalue weighted by Crippen LogP contribution is -2.10. The molecule has 3 aromatic rings. The van der Waals surface area contributed by atoms with E-state index in [-0.39, 0.29) is 5.56 Å². The van der Waals surface area contributed by atoms with Gasteiger partial charge in [0, 0.05) is 16.9 Å². The van der Waals surface area contributed by atoms with E-state index in [1.165, 1.54) is 0 Å². The zero-order valence-electron chi connectivity index (χ0n) is 8.49. The van der Waals surface area contributed by atoms with E-state index >= 15 is 0 Å². The Morgan fingerprint density at radius 2 is 2.25 bits per heavy atom. The predicted molar refractivity (Wildman–Crippen MR) is 65.8 cm³/mol. The lowest BCUT2D eigenvalue weighted by atomic mass is 10.2. The minimum absolute atomic E-state index is 0.167. The Morgan fingerprint density at radius 3 is 3.06 bits per heavy atom. The molecular weight excluding hydrogens is 270 g/mol. The molecule has 4 nitrogen and oxygen atoms in total. The van der Waals surface area contributed by atoms with Crippen LogP contribution >= 0.6 is 15.9 Å². The second-order valence-electron chi connectivity index (χ2n) is 3.69. The minimum Gasteiger partial charge on any atom is -0.317 e. The van der Waals surface area contributed by atoms with Gasteiger partial charge in [-0.05, 0) is 24.6 Å². The highest BCUT2D eigenvalue weighted by atomic mass is 79.9. The van der Waals surface area contributed by atoms with Crippen LogP contribution in [0.5, 0.6) is 0 Å². The summed E-state index contributed by atoms with van der Waals surface area (Å²) in [5.41, 5.74) is 3.09. The van der Waals surface area contributed by atoms with Crippen molar-refractivity contribution >= 4 is 32.6 Å². The van der Waals surface area contributed by atoms with Gasteiger partial charge in [0.05, 0.1) is 11.0 Å². The third-order valence-electron chi connectivity index (χ3n) is 2.63. The van der Waals surface area contributed by atoms with E-state index in [9.17, 15) is 4.79 Å². The number of rotatable bonds is 0. The third-order valence-corrected chi connectivity index (χ3v) is 3.48. The summed E-state index contributed by atoms with van der Waals surface area (Å²) >= 11 is 3.48. The van der Waals surface area contributed by atoms with Crippen molar-refractivity contribution in [2.75, 3.05) is 0 Å². The smallest absolute Gasteiger partial charge is 0.292 e. The first kappa shape index (κ1) is 9.59. The van der Waals surface area contributed by atoms with Gasteiger partial charge in [-0.15, -0.1) is 0 Å². The van der Waals surface area contributed by atoms with Gasteiger partial charge >= 0.3 is 0 Å². The number of aromatic nitrogens is 3. The second kappa shape index (κ2) is 3.18. The fourth-order valence-electron chi connectivity index (χ4n) is 1.81. The van der Waals surface area contributed by atoms with Gasteiger partial charge in [0.1, 0.15) is 0 Å². The largest absolute Gasteiger partial charge is 0.317 e. The van der Waals surface area contributed by atoms with E-state index in [0.29, 0.717) is 5.65 Å². The molecule has 0 fully saturated rings. The maximum Gasteiger partial charge on any atom is 0.292 e. The van der Waals surface area contributed by atoms with Crippen LogP contribution in [0.25, 0.3) is 16.7 Å². The summed E-state index contributed by atoms with van der Waals surface area (Å²) in [5, 5.41) is 0. The molecule has 80 valence electrons. The van der Waals surface area contributed by atoms with Gasteiger partial charge < -0.3 is 4.98 Å². The first-order valence-corrected chi connectivity index (χ1v) is 5.61. The Hall–Kier alpha value is -1.62. The number of H-pyrrole nitrogens is 1. The van der Waals surface area contributed by atoms with Crippen molar-refractivity contribution < 1.29 is 0 Å². The van der Waals surface area contributed by atoms with Crippen LogP contribution in [0, 0.1) is 6.92 Å². The highest BCUT2D eigenvalue weighted by molar-refractivity contribution is 9.10. The van der Waals surface area contributed by atoms with Crippen LogP contribution in [0.1, 0.15) is 5.56 Å². The number of hydrogen-bond donors (Lipinski definition) is 1. The van der Waals surface area contributed by atoms with Gasteiger partial charge in [-0.3, -0.25) is 9.20 Å². The molecule has 0 spiro atoms. The van der Waals surface area contributed by atoms with Crippen molar-refractivity contribution in [3.63, 3.8) is 0 Å². The van der Waals surface area contributed by atoms with Crippen molar-refractivity contribution in [3.8, 4) is 0 Å². The number of fused-ring (bicyclic) bond motifs is 3. The quantitative estimate of drug-likeness (QED) is 0.685. The first-order chi connectivity index (χ1) is 7.66. The Balaban J connectivity index is 2.64. The number of aromatic amines is 1. The minimum atomic E-state index is -0.167. The maximum absolute atomic E-state index is 11.7. The molecule has 0 aliphatic rings. The predicted octanol–water partition coefficient (Wildman–Crippen LogP) is 2.25. The zero-order chi connectivity index (χ0) is 11.3. The van der Waals surface area contributed by atoms with E-state index in [1.54, 1.807) is 16.8 Å². The van der Waals surface area contributed by atoms with Crippen LogP contribution in [-0.4, -0.2) is 14.4 Å². The van der Waals surface area contributed by atoms with Gasteiger partial charge in [-0.2, -0.15) is 0 Å². The van der Waals surface area contributed by atoms with Crippen molar-refractivity contribution in [2.24, 2.45) is 0 Å². The van der Waals surface area contributed by atoms with E-state index in [0.717, 1.165) is 21.1 Å². The molecule has 0 saturated carbocycles. The molecule has 1 N–H and O–H groups in total. The maximum atomic E-state index is 11.7. The molecule has 0 amide bonds. The molecule has 0 atom stereocenters. The van der Waals surface area contributed by atoms with Crippen molar-refractivity contribution in [2.45, 2.75) is 6.92 Å². The molecule has 2 heterocycles. The van der Waals surface area contributed by atoms with E-state index in [4.69, 9.17) is 0 Å². The molecule has 0 bridgehead atoms. The summed E-state index contributed by atoms with van der Waals surface area (Å²) in [6, 6.07) is 3.93. The van der Waals surface area contributed by atoms with Gasteiger partial charge in [0.25, 0.3) is 5.56 Å². The zero-order valence-corrected chi connectivity index (χ0v) is 10.1. The fourth-order valence-corrected chi connectivity index (χ4v) is 2.15. The molecule has 0 unspecified atom stereocenters. The van der Waals surface area contributed by atoms with Crippen LogP contribution < -0.4 is 5.56 Å². The summed E-state index contributed by atoms with van der Waals surface area (Å²) < 4.78 is 2.81. The average molecular weight is 278 g/mol. The van der Waals surface area contributed by atoms with Gasteiger partial charge in [0.2, 0.25) is 5.65 Å². The number of benzene rings is 1. The molecule has 0 aliphatic heterocycles. The van der Waals surface area contributed by atoms with E-state index in [1.807, 2.05) is 19.1 Å². The Labute approximate surface area is 99.1 Å². The topological polar surface area (TPSA) is 50.2 Å². The first-order valence-electron chi connectivity index (χ1n) is 4.82. The summed E-state index contributed by atoms with van der Waals surface area (Å²) in [6.45, 7) is 1.99. The van der Waals surface area contributed by atoms with Crippen molar-refractivity contribution in [3.05, 3.63) is 44.9 Å². The highest BCUT2D eigenvalue weighted by Gasteiger charge is 2.07. The van der Waals surface area contributed by atoms with Crippen molar-refractivity contribution in [1.29, 1.82) is 0 Å². The Kier molecular flexibility index (Phi) is 1.91. The average Bonchev–Trinajstić information content (AvgIpc) is 2.71. The van der Waals surface area contributed by atoms with Crippen LogP contribution in [0.3, 0.4) is 0 Å². The molecule has 2 aromatic heterocycles. The lowest BCUT2D eigenvalue weighted by molar-refractivity contribution is 1.16. The molecule has 16 heavy (non-hydrogen) atoms. The summed E-state index contributed by atoms with van der Waals surface area (Å²) in [4.78, 5) is 18.6. The monoisotopic (exact) mass is 277 g/mol. The highest BCUT2D eigenvalue weighted by Crippen LogP contribution is 2.22. The molecule has 3 rings (SSSR count). The normalized spacial score (nSPS) is 11.4. The van der Waals surface area contributed by atoms with Gasteiger partial charge in [-0.25, -0.2) is 4.98 Å². The summed E-state index contributed by atoms with van der Waals surface area (Å²) in [7, 11) is 0. The molecule has 5 heteroatoms. The molecule has 0 radical (unpaired) electrons. The summed E-state index contributed by atoms with van der Waals surface area (Å²) in [5.74, 6) is 0. The SMILES string of the molecule is Cc1cc2[nH]c(=O)c3nccn3c2cc1Br. The number of halogens is 1. The van der Waals surface area contributed by atoms with E-state index < -0.39 is 0 Å². The van der Waals surface area contributed by atoms with Crippen LogP contribution in [0.2, 0.25) is 0 Å². The number of nitrogens with one attached hydrogen (secondary N) is 1. The standard InChI is InChI=1S/C11H8BrN3O/c1-6-4-8-9(5-7(6)12)15-3-2-13-10(15)11(16)14-8/h2-5H,1H3,(H,14,16). The summed E-state index contributed by atoms with van der Waals surface area (Å²) in [6.07, 6.45) is 3.41. The fraction of sp³-hybridized carbons (Fsp3) is 0.0909. The number of hydrogen-bond acceptors (Lipinski definition) is 2. The number of aryl methyl sites for hydroxylation is 1. The Morgan fingerprint density at radius 1 is 1.44 bits per heavy atom. The Bertz CT molecular complexity index is 757. The molecule has 1 aromatic carbocycles. The second-order valence-corrected chi connectivity index (χ2v) is 4.55. The van der Waals surface area contributed by atoms with Crippen LogP contribution in [-0.2, 0) is 0 Å². The number of nitrogens with zero attached hydrogens (tertiary/aromatic N) is 2. The van der Waals surface area contributed by atoms with Crippen molar-refractivity contribution in [1.82, 2.24) is 14.4 Å². The van der Waals surface area contributed by atoms with Crippen LogP contribution in [0.15, 0.2) is 33.8 Å².